The van der Waals surface area contributed by atoms with Gasteiger partial charge in [-0.1, -0.05) is 13.0 Å². The van der Waals surface area contributed by atoms with Crippen LogP contribution in [0.5, 0.6) is 0 Å². The minimum atomic E-state index is -0.157. The van der Waals surface area contributed by atoms with Gasteiger partial charge < -0.3 is 5.32 Å². The van der Waals surface area contributed by atoms with Crippen LogP contribution in [0.3, 0.4) is 0 Å². The maximum absolute atomic E-state index is 11.5. The van der Waals surface area contributed by atoms with Crippen molar-refractivity contribution < 1.29 is 0 Å². The zero-order valence-electron chi connectivity index (χ0n) is 12.1. The van der Waals surface area contributed by atoms with Crippen molar-refractivity contribution in [1.82, 2.24) is 20.1 Å². The van der Waals surface area contributed by atoms with Gasteiger partial charge in [-0.05, 0) is 55.4 Å². The zero-order chi connectivity index (χ0) is 14.5. The Hall–Kier alpha value is -1.53. The van der Waals surface area contributed by atoms with Crippen molar-refractivity contribution in [3.8, 4) is 0 Å². The maximum atomic E-state index is 11.5. The van der Waals surface area contributed by atoms with Crippen LogP contribution in [0.2, 0.25) is 0 Å². The van der Waals surface area contributed by atoms with E-state index in [4.69, 9.17) is 0 Å². The molecule has 0 saturated heterocycles. The molecule has 0 saturated carbocycles. The van der Waals surface area contributed by atoms with Crippen LogP contribution >= 0.6 is 11.8 Å². The van der Waals surface area contributed by atoms with Gasteiger partial charge >= 0.3 is 5.69 Å². The number of rotatable bonds is 6. The molecule has 0 unspecified atom stereocenters. The molecule has 0 aliphatic carbocycles. The second-order valence-corrected chi connectivity index (χ2v) is 5.57. The predicted octanol–water partition coefficient (Wildman–Crippen LogP) is 2.16. The van der Waals surface area contributed by atoms with Crippen LogP contribution in [0.1, 0.15) is 25.0 Å². The summed E-state index contributed by atoms with van der Waals surface area (Å²) in [5, 5.41) is 10.6. The van der Waals surface area contributed by atoms with Crippen LogP contribution in [0, 0.1) is 6.92 Å². The molecule has 2 aromatic rings. The summed E-state index contributed by atoms with van der Waals surface area (Å²) in [4.78, 5) is 12.6. The molecule has 0 radical (unpaired) electrons. The molecular weight excluding hydrogens is 272 g/mol. The Morgan fingerprint density at radius 1 is 1.40 bits per heavy atom. The monoisotopic (exact) mass is 292 g/mol. The van der Waals surface area contributed by atoms with Gasteiger partial charge in [-0.25, -0.2) is 9.89 Å². The van der Waals surface area contributed by atoms with Crippen molar-refractivity contribution in [2.24, 2.45) is 0 Å². The van der Waals surface area contributed by atoms with Crippen LogP contribution in [0.25, 0.3) is 0 Å². The molecule has 0 atom stereocenters. The van der Waals surface area contributed by atoms with Crippen LogP contribution in [0.15, 0.2) is 33.0 Å². The maximum Gasteiger partial charge on any atom is 0.343 e. The molecule has 2 rings (SSSR count). The Morgan fingerprint density at radius 2 is 2.20 bits per heavy atom. The second kappa shape index (κ2) is 6.76. The Labute approximate surface area is 122 Å². The first-order valence-electron chi connectivity index (χ1n) is 6.79. The van der Waals surface area contributed by atoms with Gasteiger partial charge in [-0.15, -0.1) is 5.10 Å². The number of aromatic nitrogens is 3. The summed E-state index contributed by atoms with van der Waals surface area (Å²) in [6, 6.07) is 6.33. The molecule has 1 aromatic carbocycles. The number of nitrogens with zero attached hydrogens (tertiary/aromatic N) is 2. The lowest BCUT2D eigenvalue weighted by Crippen LogP contribution is -2.16. The molecule has 0 fully saturated rings. The first kappa shape index (κ1) is 14.9. The minimum Gasteiger partial charge on any atom is -0.313 e. The molecule has 0 aliphatic heterocycles. The van der Waals surface area contributed by atoms with Crippen molar-refractivity contribution in [3.05, 3.63) is 39.8 Å². The van der Waals surface area contributed by atoms with E-state index in [1.54, 1.807) is 4.57 Å². The van der Waals surface area contributed by atoms with Gasteiger partial charge in [0.25, 0.3) is 0 Å². The van der Waals surface area contributed by atoms with E-state index in [1.165, 1.54) is 22.9 Å². The number of hydrogen-bond donors (Lipinski definition) is 2. The first-order valence-corrected chi connectivity index (χ1v) is 7.60. The highest BCUT2D eigenvalue weighted by atomic mass is 32.2. The van der Waals surface area contributed by atoms with Gasteiger partial charge in [0.1, 0.15) is 0 Å². The molecule has 0 spiro atoms. The van der Waals surface area contributed by atoms with Gasteiger partial charge in [0.15, 0.2) is 5.16 Å². The van der Waals surface area contributed by atoms with Crippen molar-refractivity contribution in [1.29, 1.82) is 0 Å². The fraction of sp³-hybridized carbons (Fsp3) is 0.429. The number of aromatic amines is 1. The molecule has 0 bridgehead atoms. The Balaban J connectivity index is 2.17. The van der Waals surface area contributed by atoms with Gasteiger partial charge in [0.05, 0.1) is 0 Å². The van der Waals surface area contributed by atoms with Crippen LogP contribution in [-0.2, 0) is 13.1 Å². The quantitative estimate of drug-likeness (QED) is 0.856. The topological polar surface area (TPSA) is 62.7 Å². The van der Waals surface area contributed by atoms with Crippen LogP contribution in [-0.4, -0.2) is 21.3 Å². The minimum absolute atomic E-state index is 0.157. The van der Waals surface area contributed by atoms with E-state index in [-0.39, 0.29) is 5.69 Å². The van der Waals surface area contributed by atoms with Gasteiger partial charge in [0.2, 0.25) is 0 Å². The summed E-state index contributed by atoms with van der Waals surface area (Å²) in [6.45, 7) is 8.61. The lowest BCUT2D eigenvalue weighted by atomic mass is 10.1. The van der Waals surface area contributed by atoms with E-state index < -0.39 is 0 Å². The average Bonchev–Trinajstić information content (AvgIpc) is 2.78. The number of aryl methyl sites for hydroxylation is 1. The highest BCUT2D eigenvalue weighted by Crippen LogP contribution is 2.26. The van der Waals surface area contributed by atoms with Crippen molar-refractivity contribution in [2.75, 3.05) is 6.54 Å². The molecule has 2 N–H and O–H groups in total. The zero-order valence-corrected chi connectivity index (χ0v) is 12.9. The van der Waals surface area contributed by atoms with Crippen molar-refractivity contribution in [2.45, 2.75) is 43.9 Å². The summed E-state index contributed by atoms with van der Waals surface area (Å²) in [7, 11) is 0. The fourth-order valence-corrected chi connectivity index (χ4v) is 2.95. The van der Waals surface area contributed by atoms with E-state index in [2.05, 4.69) is 47.6 Å². The number of hydrogen-bond acceptors (Lipinski definition) is 4. The lowest BCUT2D eigenvalue weighted by molar-refractivity contribution is 0.660. The first-order chi connectivity index (χ1) is 9.65. The van der Waals surface area contributed by atoms with E-state index in [0.29, 0.717) is 11.7 Å². The summed E-state index contributed by atoms with van der Waals surface area (Å²) < 4.78 is 1.63. The average molecular weight is 292 g/mol. The Bertz CT molecular complexity index is 632. The van der Waals surface area contributed by atoms with Crippen LogP contribution < -0.4 is 11.0 Å². The smallest absolute Gasteiger partial charge is 0.313 e. The third kappa shape index (κ3) is 3.32. The van der Waals surface area contributed by atoms with Gasteiger partial charge in [-0.3, -0.25) is 4.57 Å². The number of H-pyrrole nitrogens is 1. The molecular formula is C14H20N4OS. The standard InChI is InChI=1S/C14H20N4OS/c1-4-15-9-11-6-7-12(8-10(11)3)20-14-17-16-13(19)18(14)5-2/h6-8,15H,4-5,9H2,1-3H3,(H,16,19). The summed E-state index contributed by atoms with van der Waals surface area (Å²) in [6.07, 6.45) is 0. The summed E-state index contributed by atoms with van der Waals surface area (Å²) in [5.41, 5.74) is 2.39. The predicted molar refractivity (Wildman–Crippen MR) is 81.2 cm³/mol. The largest absolute Gasteiger partial charge is 0.343 e. The Morgan fingerprint density at radius 3 is 2.85 bits per heavy atom. The molecule has 0 aliphatic rings. The van der Waals surface area contributed by atoms with Crippen molar-refractivity contribution in [3.63, 3.8) is 0 Å². The molecule has 0 amide bonds. The molecule has 1 aromatic heterocycles. The van der Waals surface area contributed by atoms with Gasteiger partial charge in [-0.2, -0.15) is 0 Å². The molecule has 1 heterocycles. The molecule has 5 nitrogen and oxygen atoms in total. The third-order valence-electron chi connectivity index (χ3n) is 3.13. The summed E-state index contributed by atoms with van der Waals surface area (Å²) in [5.74, 6) is 0. The SMILES string of the molecule is CCNCc1ccc(Sc2n[nH]c(=O)n2CC)cc1C. The number of benzene rings is 1. The van der Waals surface area contributed by atoms with Gasteiger partial charge in [0, 0.05) is 18.0 Å². The number of nitrogens with one attached hydrogen (secondary N) is 2. The van der Waals surface area contributed by atoms with E-state index in [1.807, 2.05) is 6.92 Å². The van der Waals surface area contributed by atoms with E-state index in [0.717, 1.165) is 18.0 Å². The Kier molecular flexibility index (Phi) is 5.03. The highest BCUT2D eigenvalue weighted by molar-refractivity contribution is 7.99. The normalized spacial score (nSPS) is 10.9. The highest BCUT2D eigenvalue weighted by Gasteiger charge is 2.09. The molecule has 6 heteroatoms. The fourth-order valence-electron chi connectivity index (χ4n) is 1.96. The third-order valence-corrected chi connectivity index (χ3v) is 4.11. The molecule has 20 heavy (non-hydrogen) atoms. The summed E-state index contributed by atoms with van der Waals surface area (Å²) >= 11 is 1.51. The lowest BCUT2D eigenvalue weighted by Gasteiger charge is -2.08. The van der Waals surface area contributed by atoms with E-state index >= 15 is 0 Å². The van der Waals surface area contributed by atoms with Crippen molar-refractivity contribution >= 4 is 11.8 Å². The molecule has 108 valence electrons. The second-order valence-electron chi connectivity index (χ2n) is 4.53. The van der Waals surface area contributed by atoms with E-state index in [9.17, 15) is 4.79 Å². The van der Waals surface area contributed by atoms with Crippen LogP contribution in [0.4, 0.5) is 0 Å².